The van der Waals surface area contributed by atoms with Gasteiger partial charge < -0.3 is 20.7 Å². The second kappa shape index (κ2) is 12.2. The zero-order valence-corrected chi connectivity index (χ0v) is 19.6. The van der Waals surface area contributed by atoms with E-state index >= 15 is 0 Å². The lowest BCUT2D eigenvalue weighted by Gasteiger charge is -2.31. The molecule has 0 aromatic rings. The average molecular weight is 535 g/mol. The summed E-state index contributed by atoms with van der Waals surface area (Å²) in [4.78, 5) is 17.5. The van der Waals surface area contributed by atoms with Gasteiger partial charge in [0, 0.05) is 43.7 Å². The number of ether oxygens (including phenoxy) is 1. The monoisotopic (exact) mass is 535 g/mol. The molecule has 0 spiro atoms. The van der Waals surface area contributed by atoms with Crippen molar-refractivity contribution >= 4 is 57.8 Å². The Kier molecular flexibility index (Phi) is 11.1. The van der Waals surface area contributed by atoms with Crippen molar-refractivity contribution in [2.24, 2.45) is 10.7 Å². The Morgan fingerprint density at radius 2 is 1.89 bits per heavy atom. The summed E-state index contributed by atoms with van der Waals surface area (Å²) in [5.74, 6) is 1.92. The number of aliphatic imine (C=N–C) groups is 1. The number of rotatable bonds is 6. The molecular formula is C15H30IN5O4S2. The van der Waals surface area contributed by atoms with Crippen LogP contribution in [0.1, 0.15) is 19.8 Å². The number of halogens is 1. The number of hydrogen-bond acceptors (Lipinski definition) is 6. The standard InChI is InChI=1S/C15H29N5O4S2.HI/c1-2-24-15(21)19-6-3-13(4-7-19)18-14(16)17-5-12-26(22,23)20-8-10-25-11-9-20;/h13H,2-12H2,1H3,(H3,16,17,18);1H. The number of nitrogens with two attached hydrogens (primary N) is 1. The van der Waals surface area contributed by atoms with Crippen molar-refractivity contribution in [2.45, 2.75) is 25.8 Å². The number of carbonyl (C=O) groups excluding carboxylic acids is 1. The molecule has 1 amide bonds. The van der Waals surface area contributed by atoms with Crippen LogP contribution in [0, 0.1) is 0 Å². The largest absolute Gasteiger partial charge is 0.450 e. The van der Waals surface area contributed by atoms with Crippen molar-refractivity contribution in [3.05, 3.63) is 0 Å². The lowest BCUT2D eigenvalue weighted by atomic mass is 10.1. The van der Waals surface area contributed by atoms with E-state index in [0.717, 1.165) is 24.3 Å². The Labute approximate surface area is 182 Å². The van der Waals surface area contributed by atoms with Crippen LogP contribution in [0.25, 0.3) is 0 Å². The van der Waals surface area contributed by atoms with Gasteiger partial charge in [0.05, 0.1) is 18.9 Å². The van der Waals surface area contributed by atoms with Crippen molar-refractivity contribution in [1.29, 1.82) is 0 Å². The van der Waals surface area contributed by atoms with E-state index in [-0.39, 0.29) is 54.4 Å². The van der Waals surface area contributed by atoms with Crippen LogP contribution < -0.4 is 11.1 Å². The number of nitrogens with zero attached hydrogens (tertiary/aromatic N) is 3. The summed E-state index contributed by atoms with van der Waals surface area (Å²) in [6.07, 6.45) is 1.21. The van der Waals surface area contributed by atoms with E-state index in [0.29, 0.717) is 32.8 Å². The third-order valence-corrected chi connectivity index (χ3v) is 7.16. The number of nitrogens with one attached hydrogen (secondary N) is 1. The summed E-state index contributed by atoms with van der Waals surface area (Å²) < 4.78 is 31.0. The summed E-state index contributed by atoms with van der Waals surface area (Å²) in [6, 6.07) is 0.125. The first-order valence-corrected chi connectivity index (χ1v) is 11.7. The molecule has 12 heteroatoms. The van der Waals surface area contributed by atoms with E-state index < -0.39 is 10.0 Å². The van der Waals surface area contributed by atoms with E-state index in [9.17, 15) is 13.2 Å². The van der Waals surface area contributed by atoms with Crippen LogP contribution in [0.5, 0.6) is 0 Å². The Morgan fingerprint density at radius 3 is 2.48 bits per heavy atom. The molecule has 9 nitrogen and oxygen atoms in total. The summed E-state index contributed by atoms with van der Waals surface area (Å²) in [7, 11) is -3.26. The van der Waals surface area contributed by atoms with Crippen LogP contribution >= 0.6 is 35.7 Å². The molecule has 0 bridgehead atoms. The Balaban J connectivity index is 0.00000364. The van der Waals surface area contributed by atoms with Crippen molar-refractivity contribution in [2.75, 3.05) is 56.6 Å². The highest BCUT2D eigenvalue weighted by molar-refractivity contribution is 14.0. The van der Waals surface area contributed by atoms with E-state index in [1.807, 2.05) is 0 Å². The molecule has 0 atom stereocenters. The van der Waals surface area contributed by atoms with Gasteiger partial charge in [-0.15, -0.1) is 24.0 Å². The minimum absolute atomic E-state index is 0. The molecule has 0 aromatic carbocycles. The van der Waals surface area contributed by atoms with Crippen LogP contribution in [-0.4, -0.2) is 92.3 Å². The molecule has 0 aromatic heterocycles. The highest BCUT2D eigenvalue weighted by Gasteiger charge is 2.25. The highest BCUT2D eigenvalue weighted by atomic mass is 127. The molecule has 27 heavy (non-hydrogen) atoms. The molecule has 2 aliphatic rings. The van der Waals surface area contributed by atoms with E-state index in [4.69, 9.17) is 10.5 Å². The number of amides is 1. The molecule has 2 aliphatic heterocycles. The highest BCUT2D eigenvalue weighted by Crippen LogP contribution is 2.13. The van der Waals surface area contributed by atoms with Gasteiger partial charge in [0.25, 0.3) is 0 Å². The van der Waals surface area contributed by atoms with Crippen molar-refractivity contribution in [3.8, 4) is 0 Å². The lowest BCUT2D eigenvalue weighted by molar-refractivity contribution is 0.0963. The third kappa shape index (κ3) is 8.20. The van der Waals surface area contributed by atoms with Gasteiger partial charge in [-0.1, -0.05) is 0 Å². The van der Waals surface area contributed by atoms with Gasteiger partial charge in [0.15, 0.2) is 5.96 Å². The summed E-state index contributed by atoms with van der Waals surface area (Å²) in [5, 5.41) is 3.11. The first-order valence-electron chi connectivity index (χ1n) is 8.96. The molecular weight excluding hydrogens is 505 g/mol. The number of sulfonamides is 1. The van der Waals surface area contributed by atoms with Gasteiger partial charge >= 0.3 is 6.09 Å². The topological polar surface area (TPSA) is 117 Å². The molecule has 0 aliphatic carbocycles. The predicted molar refractivity (Wildman–Crippen MR) is 119 cm³/mol. The van der Waals surface area contributed by atoms with Gasteiger partial charge in [-0.2, -0.15) is 11.8 Å². The lowest BCUT2D eigenvalue weighted by Crippen LogP contribution is -2.48. The van der Waals surface area contributed by atoms with Gasteiger partial charge in [0.1, 0.15) is 0 Å². The molecule has 0 saturated carbocycles. The number of piperidine rings is 1. The molecule has 2 fully saturated rings. The zero-order valence-electron chi connectivity index (χ0n) is 15.6. The maximum Gasteiger partial charge on any atom is 0.409 e. The number of hydrogen-bond donors (Lipinski definition) is 2. The maximum absolute atomic E-state index is 12.2. The van der Waals surface area contributed by atoms with Crippen LogP contribution in [0.3, 0.4) is 0 Å². The number of guanidine groups is 1. The Hall–Kier alpha value is -0.470. The Morgan fingerprint density at radius 1 is 1.26 bits per heavy atom. The minimum atomic E-state index is -3.26. The smallest absolute Gasteiger partial charge is 0.409 e. The molecule has 0 radical (unpaired) electrons. The summed E-state index contributed by atoms with van der Waals surface area (Å²) in [6.45, 7) is 4.65. The van der Waals surface area contributed by atoms with Crippen LogP contribution in [0.2, 0.25) is 0 Å². The summed E-state index contributed by atoms with van der Waals surface area (Å²) in [5.41, 5.74) is 5.88. The maximum atomic E-state index is 12.2. The minimum Gasteiger partial charge on any atom is -0.450 e. The second-order valence-electron chi connectivity index (χ2n) is 6.20. The fourth-order valence-electron chi connectivity index (χ4n) is 2.91. The molecule has 158 valence electrons. The van der Waals surface area contributed by atoms with Crippen molar-refractivity contribution in [1.82, 2.24) is 14.5 Å². The molecule has 3 N–H and O–H groups in total. The molecule has 2 heterocycles. The number of thioether (sulfide) groups is 1. The predicted octanol–water partition coefficient (Wildman–Crippen LogP) is 0.508. The fourth-order valence-corrected chi connectivity index (χ4v) is 5.36. The number of carbonyl (C=O) groups is 1. The van der Waals surface area contributed by atoms with Gasteiger partial charge in [0.2, 0.25) is 10.0 Å². The molecule has 2 rings (SSSR count). The van der Waals surface area contributed by atoms with Gasteiger partial charge in [-0.3, -0.25) is 4.99 Å². The average Bonchev–Trinajstić information content (AvgIpc) is 2.63. The number of likely N-dealkylation sites (tertiary alicyclic amines) is 1. The zero-order chi connectivity index (χ0) is 19.0. The molecule has 2 saturated heterocycles. The SMILES string of the molecule is CCOC(=O)N1CCC(NC(N)=NCCS(=O)(=O)N2CCSCC2)CC1.I. The van der Waals surface area contributed by atoms with E-state index in [2.05, 4.69) is 10.3 Å². The summed E-state index contributed by atoms with van der Waals surface area (Å²) >= 11 is 1.77. The van der Waals surface area contributed by atoms with E-state index in [1.54, 1.807) is 23.6 Å². The van der Waals surface area contributed by atoms with Crippen LogP contribution in [0.15, 0.2) is 4.99 Å². The van der Waals surface area contributed by atoms with Crippen LogP contribution in [-0.2, 0) is 14.8 Å². The third-order valence-electron chi connectivity index (χ3n) is 4.37. The van der Waals surface area contributed by atoms with Gasteiger partial charge in [-0.05, 0) is 19.8 Å². The van der Waals surface area contributed by atoms with Gasteiger partial charge in [-0.25, -0.2) is 17.5 Å². The quantitative estimate of drug-likeness (QED) is 0.289. The van der Waals surface area contributed by atoms with Crippen LogP contribution in [0.4, 0.5) is 4.79 Å². The van der Waals surface area contributed by atoms with Crippen molar-refractivity contribution in [3.63, 3.8) is 0 Å². The second-order valence-corrected chi connectivity index (χ2v) is 9.51. The molecule has 0 unspecified atom stereocenters. The first-order chi connectivity index (χ1) is 12.4. The first kappa shape index (κ1) is 24.6. The fraction of sp³-hybridized carbons (Fsp3) is 0.867. The normalized spacial score (nSPS) is 20.0. The Bertz CT molecular complexity index is 591. The van der Waals surface area contributed by atoms with E-state index in [1.165, 1.54) is 4.31 Å². The van der Waals surface area contributed by atoms with Crippen molar-refractivity contribution < 1.29 is 17.9 Å².